The van der Waals surface area contributed by atoms with Crippen molar-refractivity contribution in [1.29, 1.82) is 0 Å². The Morgan fingerprint density at radius 3 is 1.56 bits per heavy atom. The number of imidazole rings is 1. The van der Waals surface area contributed by atoms with Crippen LogP contribution >= 0.6 is 35.3 Å². The lowest BCUT2D eigenvalue weighted by molar-refractivity contribution is -0.140. The number of H-pyrrole nitrogens is 3. The second kappa shape index (κ2) is 53.4. The van der Waals surface area contributed by atoms with Crippen molar-refractivity contribution in [2.75, 3.05) is 69.0 Å². The van der Waals surface area contributed by atoms with Crippen LogP contribution in [-0.4, -0.2) is 277 Å². The lowest BCUT2D eigenvalue weighted by atomic mass is 10.00. The Bertz CT molecular complexity index is 5200. The van der Waals surface area contributed by atoms with E-state index in [0.717, 1.165) is 18.6 Å². The van der Waals surface area contributed by atoms with Crippen molar-refractivity contribution in [2.45, 2.75) is 213 Å². The minimum atomic E-state index is -1.54. The molecule has 0 aliphatic carbocycles. The largest absolute Gasteiger partial charge is 0.508 e. The third-order valence-corrected chi connectivity index (χ3v) is 26.4. The number of likely N-dealkylation sites (tertiary alicyclic amines) is 1. The number of aromatic nitrogens is 4. The molecule has 40 nitrogen and oxygen atoms in total. The number of amides is 17. The molecule has 0 unspecified atom stereocenters. The van der Waals surface area contributed by atoms with Crippen molar-refractivity contribution in [3.63, 3.8) is 0 Å². The Hall–Kier alpha value is -12.7. The molecule has 0 bridgehead atoms. The monoisotopic (exact) mass is 1920 g/mol. The molecule has 3 aromatic heterocycles. The van der Waals surface area contributed by atoms with Gasteiger partial charge in [0.05, 0.1) is 49.8 Å². The van der Waals surface area contributed by atoms with Crippen LogP contribution in [0.2, 0.25) is 0 Å². The fourth-order valence-electron chi connectivity index (χ4n) is 16.3. The number of urea groups is 1. The predicted molar refractivity (Wildman–Crippen MR) is 512 cm³/mol. The van der Waals surface area contributed by atoms with Crippen LogP contribution in [0.5, 0.6) is 5.75 Å². The first-order valence-corrected chi connectivity index (χ1v) is 49.3. The van der Waals surface area contributed by atoms with Crippen LogP contribution in [0.25, 0.3) is 21.8 Å². The van der Waals surface area contributed by atoms with E-state index in [1.165, 1.54) is 72.1 Å². The number of phenolic OH excluding ortho intramolecular Hbond substituents is 1. The third-order valence-electron chi connectivity index (χ3n) is 23.6. The van der Waals surface area contributed by atoms with Gasteiger partial charge in [0.2, 0.25) is 88.6 Å². The number of benzene rings is 4. The molecule has 6 heterocycles. The summed E-state index contributed by atoms with van der Waals surface area (Å²) in [5, 5.41) is 53.2. The molecule has 0 spiro atoms. The van der Waals surface area contributed by atoms with E-state index < -0.39 is 169 Å². The van der Waals surface area contributed by atoms with Gasteiger partial charge in [-0.05, 0) is 161 Å². The highest BCUT2D eigenvalue weighted by atomic mass is 32.2. The van der Waals surface area contributed by atoms with Crippen molar-refractivity contribution >= 4 is 152 Å². The highest BCUT2D eigenvalue weighted by Gasteiger charge is 2.44. The second-order valence-corrected chi connectivity index (χ2v) is 37.0. The van der Waals surface area contributed by atoms with Gasteiger partial charge in [0.15, 0.2) is 0 Å². The lowest BCUT2D eigenvalue weighted by Gasteiger charge is -2.29. The Balaban J connectivity index is 0.795. The molecule has 17 amide bonds. The summed E-state index contributed by atoms with van der Waals surface area (Å²) in [6.45, 7) is 0.378. The number of aromatic hydroxyl groups is 1. The highest BCUT2D eigenvalue weighted by molar-refractivity contribution is 8.00. The number of thioether (sulfide) groups is 3. The van der Waals surface area contributed by atoms with E-state index in [2.05, 4.69) is 99.7 Å². The van der Waals surface area contributed by atoms with Crippen LogP contribution in [0.4, 0.5) is 4.79 Å². The normalized spacial score (nSPS) is 17.1. The summed E-state index contributed by atoms with van der Waals surface area (Å²) in [6, 6.07) is 14.7. The van der Waals surface area contributed by atoms with Gasteiger partial charge in [-0.2, -0.15) is 35.3 Å². The summed E-state index contributed by atoms with van der Waals surface area (Å²) >= 11 is 4.57. The predicted octanol–water partition coefficient (Wildman–Crippen LogP) is -0.226. The van der Waals surface area contributed by atoms with Gasteiger partial charge in [-0.25, -0.2) is 9.78 Å². The topological polar surface area (TPSA) is 615 Å². The number of unbranched alkanes of at least 4 members (excludes halogenated alkanes) is 3. The highest BCUT2D eigenvalue weighted by Crippen LogP contribution is 2.34. The molecule has 10 rings (SSSR count). The molecule has 3 saturated heterocycles. The molecule has 43 heteroatoms. The SMILES string of the molecule is CSCC[C@H](NC(=O)[C@H](Cc1c[nH]cn1)NC(=O)[C@H](CCCCN)NC(=O)[C@H](Cc1c[nH]c2ccccc12)NC(=O)[C@H](Cc1ccc(O)cc1)NC(=O)[C@H](Cc1ccccc1)NC(=O)[C@H](CCSC)NC(=O)[C@@H]1CCCN1C(=O)[C@H](C)N)C(=O)N[C@@H](Cc1c[nH]c2ccccc12)C(=O)NCC(=O)NCC(=O)NCC(=O)N[C@@H](CCCCNC(=O)CCCC[C@@H]1SC[C@@H]2NC(=O)N[C@@H]21)C(N)=O. The molecule has 3 aliphatic heterocycles. The fraction of sp³-hybridized carbons (Fsp3) is 0.489. The molecule has 728 valence electrons. The third kappa shape index (κ3) is 32.5. The summed E-state index contributed by atoms with van der Waals surface area (Å²) in [5.74, 6) is -9.71. The average molecular weight is 1920 g/mol. The number of hydrogen-bond donors (Lipinski definition) is 22. The van der Waals surface area contributed by atoms with Gasteiger partial charge in [-0.15, -0.1) is 0 Å². The molecule has 135 heavy (non-hydrogen) atoms. The van der Waals surface area contributed by atoms with E-state index in [4.69, 9.17) is 17.2 Å². The van der Waals surface area contributed by atoms with E-state index in [1.54, 1.807) is 85.4 Å². The number of nitrogens with zero attached hydrogens (tertiary/aromatic N) is 2. The number of nitrogens with two attached hydrogens (primary N) is 3. The Kier molecular flexibility index (Phi) is 41.3. The molecule has 25 N–H and O–H groups in total. The molecule has 0 saturated carbocycles. The number of carbonyl (C=O) groups excluding carboxylic acids is 16. The van der Waals surface area contributed by atoms with Gasteiger partial charge in [-0.3, -0.25) is 71.9 Å². The number of fused-ring (bicyclic) bond motifs is 3. The number of rotatable bonds is 56. The van der Waals surface area contributed by atoms with E-state index >= 15 is 24.0 Å². The van der Waals surface area contributed by atoms with Crippen LogP contribution in [0.15, 0.2) is 128 Å². The fourth-order valence-corrected chi connectivity index (χ4v) is 18.8. The lowest BCUT2D eigenvalue weighted by Crippen LogP contribution is -2.61. The number of primary amides is 1. The van der Waals surface area contributed by atoms with Gasteiger partial charge in [-0.1, -0.05) is 85.3 Å². The van der Waals surface area contributed by atoms with Gasteiger partial charge < -0.3 is 122 Å². The molecule has 3 fully saturated rings. The summed E-state index contributed by atoms with van der Waals surface area (Å²) in [5.41, 5.74) is 21.4. The zero-order chi connectivity index (χ0) is 96.9. The first-order chi connectivity index (χ1) is 65.0. The minimum Gasteiger partial charge on any atom is -0.508 e. The molecule has 7 aromatic rings. The van der Waals surface area contributed by atoms with Crippen LogP contribution in [0.3, 0.4) is 0 Å². The standard InChI is InChI=1S/C92H125N23O17S3/c1-53(94)91(131)115-37-17-26-74(115)90(130)107-67(34-39-134-3)85(125)108-68(40-54-18-5-4-6-19-54)86(126)109-69(41-55-29-31-59(116)32-30-55)87(127)111-71(43-57-46-99-63-23-10-8-21-61(57)63)88(128)105-65(25-13-15-35-93)83(123)112-72(44-58-47-96-52-103-58)89(129)106-66(33-38-133-2)84(124)110-70(42-56-45-98-62-22-9-7-20-60(56)62)82(122)102-49-78(119)100-48-77(118)101-50-79(120)104-64(81(95)121)24-14-16-36-97-76(117)28-12-11-27-75-80-73(51-135-75)113-92(132)114-80/h4-10,18-23,29-32,45-47,52-53,64-75,80,98-99,116H,11-17,24-28,33-44,48-51,93-94H2,1-3H3,(H2,95,121)(H,96,103)(H,97,117)(H,100,119)(H,101,118)(H,102,122)(H,104,120)(H,105,128)(H,106,129)(H,107,130)(H,108,125)(H,109,126)(H,110,124)(H,111,127)(H,112,123)(H2,113,114,132)/t53-,64-,65-,66-,67-,68-,69-,70-,71-,72-,73-,74-,75-,80-/m0/s1. The zero-order valence-corrected chi connectivity index (χ0v) is 78.3. The van der Waals surface area contributed by atoms with Crippen molar-refractivity contribution in [3.8, 4) is 5.75 Å². The Morgan fingerprint density at radius 1 is 0.511 bits per heavy atom. The van der Waals surface area contributed by atoms with Crippen LogP contribution < -0.4 is 97.0 Å². The average Bonchev–Trinajstić information content (AvgIpc) is 1.71. The summed E-state index contributed by atoms with van der Waals surface area (Å²) < 4.78 is 0. The van der Waals surface area contributed by atoms with Crippen LogP contribution in [0, 0.1) is 0 Å². The van der Waals surface area contributed by atoms with Gasteiger partial charge in [0.25, 0.3) is 0 Å². The summed E-state index contributed by atoms with van der Waals surface area (Å²) in [4.78, 5) is 239. The Morgan fingerprint density at radius 2 is 1.01 bits per heavy atom. The number of aromatic amines is 3. The van der Waals surface area contributed by atoms with Crippen molar-refractivity contribution in [1.82, 2.24) is 105 Å². The maximum Gasteiger partial charge on any atom is 0.315 e. The Labute approximate surface area is 794 Å². The van der Waals surface area contributed by atoms with Gasteiger partial charge in [0.1, 0.15) is 66.2 Å². The van der Waals surface area contributed by atoms with E-state index in [-0.39, 0.29) is 112 Å². The van der Waals surface area contributed by atoms with Crippen molar-refractivity contribution < 1.29 is 81.8 Å². The van der Waals surface area contributed by atoms with E-state index in [1.807, 2.05) is 30.2 Å². The minimum absolute atomic E-state index is 0.0258. The number of para-hydroxylation sites is 2. The molecule has 4 aromatic carbocycles. The smallest absolute Gasteiger partial charge is 0.315 e. The van der Waals surface area contributed by atoms with Crippen molar-refractivity contribution in [2.24, 2.45) is 17.2 Å². The number of phenols is 1. The van der Waals surface area contributed by atoms with Crippen LogP contribution in [0.1, 0.15) is 125 Å². The molecule has 3 aliphatic rings. The first kappa shape index (κ1) is 104. The summed E-state index contributed by atoms with van der Waals surface area (Å²) in [6.07, 6.45) is 14.0. The maximum atomic E-state index is 15.5. The molecular weight excluding hydrogens is 1800 g/mol. The van der Waals surface area contributed by atoms with Gasteiger partial charge >= 0.3 is 6.03 Å². The quantitative estimate of drug-likeness (QED) is 0.0173. The molecule has 0 radical (unpaired) electrons. The van der Waals surface area contributed by atoms with Crippen molar-refractivity contribution in [3.05, 3.63) is 156 Å². The van der Waals surface area contributed by atoms with Gasteiger partial charge in [0, 0.05) is 103 Å². The number of carbonyl (C=O) groups is 16. The zero-order valence-electron chi connectivity index (χ0n) is 75.8. The molecule has 14 atom stereocenters. The second-order valence-electron chi connectivity index (χ2n) is 33.8. The molecular formula is C92H125N23O17S3. The number of hydrogen-bond acceptors (Lipinski definition) is 23. The number of nitrogens with one attached hydrogen (secondary N) is 18. The van der Waals surface area contributed by atoms with E-state index in [0.29, 0.717) is 113 Å². The summed E-state index contributed by atoms with van der Waals surface area (Å²) in [7, 11) is 0. The maximum absolute atomic E-state index is 15.5. The van der Waals surface area contributed by atoms with E-state index in [9.17, 15) is 57.8 Å². The first-order valence-electron chi connectivity index (χ1n) is 45.5. The van der Waals surface area contributed by atoms with Crippen LogP contribution in [-0.2, 0) is 104 Å².